The van der Waals surface area contributed by atoms with E-state index in [0.717, 1.165) is 69.9 Å². The lowest BCUT2D eigenvalue weighted by atomic mass is 9.79. The summed E-state index contributed by atoms with van der Waals surface area (Å²) in [4.78, 5) is 20.6. The van der Waals surface area contributed by atoms with Crippen LogP contribution in [-0.4, -0.2) is 62.3 Å². The lowest BCUT2D eigenvalue weighted by Crippen LogP contribution is -2.46. The van der Waals surface area contributed by atoms with Gasteiger partial charge in [-0.25, -0.2) is 0 Å². The number of anilines is 2. The maximum absolute atomic E-state index is 13.3. The first kappa shape index (κ1) is 20.3. The van der Waals surface area contributed by atoms with Crippen molar-refractivity contribution in [2.24, 2.45) is 5.41 Å². The fraction of sp³-hybridized carbons (Fsp3) is 0.720. The third kappa shape index (κ3) is 3.54. The number of aryl methyl sites for hydroxylation is 1. The number of carbonyl (C=O) groups excluding carboxylic acids is 1. The Morgan fingerprint density at radius 3 is 2.43 bits per heavy atom. The van der Waals surface area contributed by atoms with Gasteiger partial charge < -0.3 is 14.5 Å². The molecule has 0 aliphatic carbocycles. The second kappa shape index (κ2) is 8.16. The van der Waals surface area contributed by atoms with Crippen LogP contribution >= 0.6 is 0 Å². The Bertz CT molecular complexity index is 781. The summed E-state index contributed by atoms with van der Waals surface area (Å²) in [5, 5.41) is 0. The van der Waals surface area contributed by atoms with Gasteiger partial charge in [0.05, 0.1) is 5.41 Å². The van der Waals surface area contributed by atoms with E-state index in [1.807, 2.05) is 4.90 Å². The Hall–Kier alpha value is -1.59. The molecule has 5 rings (SSSR count). The van der Waals surface area contributed by atoms with Gasteiger partial charge in [-0.3, -0.25) is 9.69 Å². The zero-order chi connectivity index (χ0) is 20.7. The maximum atomic E-state index is 13.3. The number of likely N-dealkylation sites (tertiary alicyclic amines) is 1. The van der Waals surface area contributed by atoms with Crippen molar-refractivity contribution >= 4 is 17.3 Å². The zero-order valence-electron chi connectivity index (χ0n) is 18.7. The third-order valence-electron chi connectivity index (χ3n) is 8.34. The number of piperidine rings is 1. The lowest BCUT2D eigenvalue weighted by Gasteiger charge is -2.39. The van der Waals surface area contributed by atoms with Crippen molar-refractivity contribution in [1.82, 2.24) is 4.90 Å². The lowest BCUT2D eigenvalue weighted by molar-refractivity contribution is -0.130. The van der Waals surface area contributed by atoms with Gasteiger partial charge in [0.1, 0.15) is 0 Å². The molecule has 0 bridgehead atoms. The molecule has 0 saturated carbocycles. The van der Waals surface area contributed by atoms with Crippen LogP contribution in [0.2, 0.25) is 0 Å². The van der Waals surface area contributed by atoms with Gasteiger partial charge in [0, 0.05) is 56.3 Å². The van der Waals surface area contributed by atoms with E-state index in [1.54, 1.807) is 0 Å². The first-order valence-corrected chi connectivity index (χ1v) is 12.1. The predicted octanol–water partition coefficient (Wildman–Crippen LogP) is 3.98. The van der Waals surface area contributed by atoms with Crippen molar-refractivity contribution in [3.8, 4) is 0 Å². The van der Waals surface area contributed by atoms with Crippen LogP contribution in [0.15, 0.2) is 18.2 Å². The van der Waals surface area contributed by atoms with Crippen molar-refractivity contribution < 1.29 is 9.53 Å². The van der Waals surface area contributed by atoms with E-state index in [9.17, 15) is 4.79 Å². The molecule has 1 aromatic rings. The third-order valence-corrected chi connectivity index (χ3v) is 8.34. The molecule has 1 atom stereocenters. The molecule has 1 aromatic carbocycles. The van der Waals surface area contributed by atoms with Crippen LogP contribution in [0.1, 0.15) is 57.4 Å². The summed E-state index contributed by atoms with van der Waals surface area (Å²) in [6.07, 6.45) is 7.99. The number of benzene rings is 1. The number of hydrogen-bond acceptors (Lipinski definition) is 4. The highest BCUT2D eigenvalue weighted by atomic mass is 16.5. The molecule has 4 saturated heterocycles. The number of hydrogen-bond donors (Lipinski definition) is 0. The number of nitrogens with zero attached hydrogens (tertiary/aromatic N) is 3. The van der Waals surface area contributed by atoms with Crippen LogP contribution in [0, 0.1) is 12.3 Å². The second-order valence-corrected chi connectivity index (χ2v) is 10.0. The summed E-state index contributed by atoms with van der Waals surface area (Å²) < 4.78 is 5.52. The van der Waals surface area contributed by atoms with Gasteiger partial charge in [-0.2, -0.15) is 0 Å². The molecule has 4 fully saturated rings. The van der Waals surface area contributed by atoms with Crippen molar-refractivity contribution in [3.05, 3.63) is 23.8 Å². The van der Waals surface area contributed by atoms with E-state index in [1.165, 1.54) is 43.5 Å². The van der Waals surface area contributed by atoms with Gasteiger partial charge in [-0.1, -0.05) is 0 Å². The fourth-order valence-electron chi connectivity index (χ4n) is 6.37. The zero-order valence-corrected chi connectivity index (χ0v) is 18.7. The molecule has 5 heteroatoms. The molecule has 30 heavy (non-hydrogen) atoms. The highest BCUT2D eigenvalue weighted by molar-refractivity contribution is 6.00. The van der Waals surface area contributed by atoms with E-state index in [2.05, 4.69) is 41.8 Å². The van der Waals surface area contributed by atoms with Crippen molar-refractivity contribution in [2.45, 2.75) is 70.9 Å². The SMILES string of the molecule is Cc1cc(N2CCC(N3CCCC3C)CC2)ccc1N1CCC2(CCOCC2)C1=O. The highest BCUT2D eigenvalue weighted by Crippen LogP contribution is 2.43. The molecule has 1 unspecified atom stereocenters. The van der Waals surface area contributed by atoms with E-state index in [-0.39, 0.29) is 5.41 Å². The number of carbonyl (C=O) groups is 1. The molecule has 0 aromatic heterocycles. The summed E-state index contributed by atoms with van der Waals surface area (Å²) in [6.45, 7) is 10.4. The van der Waals surface area contributed by atoms with Gasteiger partial charge in [0.15, 0.2) is 0 Å². The molecule has 4 aliphatic heterocycles. The van der Waals surface area contributed by atoms with E-state index in [0.29, 0.717) is 5.91 Å². The molecular formula is C25H37N3O2. The monoisotopic (exact) mass is 411 g/mol. The number of ether oxygens (including phenoxy) is 1. The first-order valence-electron chi connectivity index (χ1n) is 12.1. The quantitative estimate of drug-likeness (QED) is 0.754. The minimum absolute atomic E-state index is 0.169. The normalized spacial score (nSPS) is 28.1. The van der Waals surface area contributed by atoms with Crippen LogP contribution in [0.4, 0.5) is 11.4 Å². The Balaban J connectivity index is 1.25. The predicted molar refractivity (Wildman–Crippen MR) is 121 cm³/mol. The molecule has 4 aliphatic rings. The molecule has 1 spiro atoms. The van der Waals surface area contributed by atoms with Gasteiger partial charge in [0.25, 0.3) is 0 Å². The molecule has 0 N–H and O–H groups in total. The van der Waals surface area contributed by atoms with E-state index < -0.39 is 0 Å². The molecule has 1 amide bonds. The van der Waals surface area contributed by atoms with E-state index >= 15 is 0 Å². The minimum Gasteiger partial charge on any atom is -0.381 e. The van der Waals surface area contributed by atoms with Gasteiger partial charge in [-0.15, -0.1) is 0 Å². The van der Waals surface area contributed by atoms with Crippen LogP contribution in [0.25, 0.3) is 0 Å². The van der Waals surface area contributed by atoms with Crippen molar-refractivity contribution in [2.75, 3.05) is 49.2 Å². The molecule has 164 valence electrons. The standard InChI is InChI=1S/C25H37N3O2/c1-19-18-22(26-13-7-21(8-14-26)27-12-3-4-20(27)2)5-6-23(19)28-15-9-25(24(28)29)10-16-30-17-11-25/h5-6,18,20-21H,3-4,7-17H2,1-2H3. The summed E-state index contributed by atoms with van der Waals surface area (Å²) in [5.74, 6) is 0.321. The number of rotatable bonds is 3. The Kier molecular flexibility index (Phi) is 5.53. The molecule has 5 nitrogen and oxygen atoms in total. The van der Waals surface area contributed by atoms with Crippen molar-refractivity contribution in [1.29, 1.82) is 0 Å². The topological polar surface area (TPSA) is 36.0 Å². The summed E-state index contributed by atoms with van der Waals surface area (Å²) in [5.41, 5.74) is 3.47. The maximum Gasteiger partial charge on any atom is 0.233 e. The summed E-state index contributed by atoms with van der Waals surface area (Å²) in [6, 6.07) is 8.26. The van der Waals surface area contributed by atoms with Crippen molar-refractivity contribution in [3.63, 3.8) is 0 Å². The minimum atomic E-state index is -0.169. The van der Waals surface area contributed by atoms with Crippen LogP contribution in [0.5, 0.6) is 0 Å². The Morgan fingerprint density at radius 2 is 1.77 bits per heavy atom. The van der Waals surface area contributed by atoms with Gasteiger partial charge in [-0.05, 0) is 89.1 Å². The fourth-order valence-corrected chi connectivity index (χ4v) is 6.37. The summed E-state index contributed by atoms with van der Waals surface area (Å²) in [7, 11) is 0. The summed E-state index contributed by atoms with van der Waals surface area (Å²) >= 11 is 0. The second-order valence-electron chi connectivity index (χ2n) is 10.0. The van der Waals surface area contributed by atoms with Crippen LogP contribution in [0.3, 0.4) is 0 Å². The van der Waals surface area contributed by atoms with Crippen LogP contribution < -0.4 is 9.80 Å². The average Bonchev–Trinajstić information content (AvgIpc) is 3.33. The largest absolute Gasteiger partial charge is 0.381 e. The van der Waals surface area contributed by atoms with Gasteiger partial charge in [0.2, 0.25) is 5.91 Å². The highest BCUT2D eigenvalue weighted by Gasteiger charge is 2.48. The molecular weight excluding hydrogens is 374 g/mol. The smallest absolute Gasteiger partial charge is 0.233 e. The first-order chi connectivity index (χ1) is 14.6. The Morgan fingerprint density at radius 1 is 1.00 bits per heavy atom. The van der Waals surface area contributed by atoms with Gasteiger partial charge >= 0.3 is 0 Å². The number of amides is 1. The van der Waals surface area contributed by atoms with E-state index in [4.69, 9.17) is 4.74 Å². The average molecular weight is 412 g/mol. The molecule has 0 radical (unpaired) electrons. The molecule has 4 heterocycles. The Labute approximate surface area is 181 Å². The van der Waals surface area contributed by atoms with Crippen LogP contribution in [-0.2, 0) is 9.53 Å².